The molecule has 0 saturated carbocycles. The number of amides is 1. The normalized spacial score (nSPS) is 20.5. The summed E-state index contributed by atoms with van der Waals surface area (Å²) in [5.41, 5.74) is 0. The molecule has 0 aromatic heterocycles. The highest BCUT2D eigenvalue weighted by Gasteiger charge is 2.25. The number of carboxylic acids is 1. The number of nitrogens with zero attached hydrogens (tertiary/aromatic N) is 2. The zero-order valence-electron chi connectivity index (χ0n) is 11.6. The van der Waals surface area contributed by atoms with Gasteiger partial charge in [0.2, 0.25) is 5.91 Å². The minimum absolute atomic E-state index is 0.0776. The van der Waals surface area contributed by atoms with E-state index in [2.05, 4.69) is 0 Å². The largest absolute Gasteiger partial charge is 0.480 e. The Balaban J connectivity index is 2.52. The van der Waals surface area contributed by atoms with Crippen molar-refractivity contribution in [2.75, 3.05) is 26.2 Å². The molecule has 1 N–H and O–H groups in total. The Morgan fingerprint density at radius 2 is 2.11 bits per heavy atom. The zero-order chi connectivity index (χ0) is 13.7. The molecule has 1 unspecified atom stereocenters. The average molecular weight is 256 g/mol. The lowest BCUT2D eigenvalue weighted by atomic mass is 9.97. The van der Waals surface area contributed by atoms with E-state index in [0.29, 0.717) is 5.92 Å². The maximum absolute atomic E-state index is 11.4. The molecular formula is C13H24N2O3. The molecular weight excluding hydrogens is 232 g/mol. The summed E-state index contributed by atoms with van der Waals surface area (Å²) in [6.45, 7) is 8.05. The highest BCUT2D eigenvalue weighted by Crippen LogP contribution is 2.18. The highest BCUT2D eigenvalue weighted by atomic mass is 16.4. The maximum Gasteiger partial charge on any atom is 0.317 e. The van der Waals surface area contributed by atoms with Crippen LogP contribution < -0.4 is 0 Å². The lowest BCUT2D eigenvalue weighted by Crippen LogP contribution is -2.45. The molecule has 0 bridgehead atoms. The van der Waals surface area contributed by atoms with Gasteiger partial charge in [0.05, 0.1) is 6.54 Å². The molecule has 1 amide bonds. The van der Waals surface area contributed by atoms with Gasteiger partial charge in [-0.2, -0.15) is 0 Å². The van der Waals surface area contributed by atoms with Crippen LogP contribution in [-0.4, -0.2) is 59.0 Å². The van der Waals surface area contributed by atoms with Crippen LogP contribution in [0.4, 0.5) is 0 Å². The number of hydrogen-bond donors (Lipinski definition) is 1. The van der Waals surface area contributed by atoms with E-state index in [1.807, 2.05) is 23.6 Å². The number of carboxylic acid groups (broad SMARTS) is 1. The third-order valence-electron chi connectivity index (χ3n) is 3.53. The molecule has 1 atom stereocenters. The van der Waals surface area contributed by atoms with Crippen LogP contribution in [0.5, 0.6) is 0 Å². The van der Waals surface area contributed by atoms with Gasteiger partial charge in [-0.15, -0.1) is 0 Å². The van der Waals surface area contributed by atoms with Crippen LogP contribution >= 0.6 is 0 Å². The quantitative estimate of drug-likeness (QED) is 0.798. The van der Waals surface area contributed by atoms with E-state index in [4.69, 9.17) is 5.11 Å². The second-order valence-electron chi connectivity index (χ2n) is 5.39. The summed E-state index contributed by atoms with van der Waals surface area (Å²) in [5, 5.41) is 8.90. The Bertz CT molecular complexity index is 305. The van der Waals surface area contributed by atoms with Crippen molar-refractivity contribution in [1.29, 1.82) is 0 Å². The predicted octanol–water partition coefficient (Wildman–Crippen LogP) is 1.04. The highest BCUT2D eigenvalue weighted by molar-refractivity contribution is 5.73. The molecule has 1 fully saturated rings. The van der Waals surface area contributed by atoms with Crippen molar-refractivity contribution in [3.63, 3.8) is 0 Å². The van der Waals surface area contributed by atoms with Gasteiger partial charge >= 0.3 is 5.97 Å². The molecule has 18 heavy (non-hydrogen) atoms. The summed E-state index contributed by atoms with van der Waals surface area (Å²) >= 11 is 0. The van der Waals surface area contributed by atoms with E-state index < -0.39 is 5.97 Å². The first-order valence-electron chi connectivity index (χ1n) is 6.61. The van der Waals surface area contributed by atoms with E-state index in [-0.39, 0.29) is 18.5 Å². The predicted molar refractivity (Wildman–Crippen MR) is 69.3 cm³/mol. The van der Waals surface area contributed by atoms with Gasteiger partial charge in [-0.3, -0.25) is 14.5 Å². The first-order chi connectivity index (χ1) is 8.40. The van der Waals surface area contributed by atoms with Crippen molar-refractivity contribution in [1.82, 2.24) is 9.80 Å². The summed E-state index contributed by atoms with van der Waals surface area (Å²) in [6.07, 6.45) is 2.09. The summed E-state index contributed by atoms with van der Waals surface area (Å²) in [5.74, 6) is -0.277. The van der Waals surface area contributed by atoms with E-state index in [1.54, 1.807) is 6.92 Å². The molecule has 1 aliphatic rings. The van der Waals surface area contributed by atoms with Gasteiger partial charge in [0.15, 0.2) is 0 Å². The Hall–Kier alpha value is -1.10. The number of likely N-dealkylation sites (tertiary alicyclic amines) is 1. The van der Waals surface area contributed by atoms with Crippen LogP contribution in [0.2, 0.25) is 0 Å². The summed E-state index contributed by atoms with van der Waals surface area (Å²) in [7, 11) is 0. The molecule has 0 aromatic rings. The van der Waals surface area contributed by atoms with Gasteiger partial charge in [-0.1, -0.05) is 0 Å². The first-order valence-corrected chi connectivity index (χ1v) is 6.61. The Morgan fingerprint density at radius 1 is 1.44 bits per heavy atom. The minimum atomic E-state index is -0.789. The lowest BCUT2D eigenvalue weighted by Gasteiger charge is -2.36. The van der Waals surface area contributed by atoms with Gasteiger partial charge in [0, 0.05) is 32.6 Å². The Kier molecular flexibility index (Phi) is 5.59. The molecule has 1 aliphatic heterocycles. The van der Waals surface area contributed by atoms with E-state index in [9.17, 15) is 9.59 Å². The van der Waals surface area contributed by atoms with Gasteiger partial charge < -0.3 is 10.0 Å². The van der Waals surface area contributed by atoms with Gasteiger partial charge in [-0.25, -0.2) is 0 Å². The molecule has 0 spiro atoms. The molecule has 1 rings (SSSR count). The third kappa shape index (κ3) is 4.64. The second kappa shape index (κ2) is 6.73. The minimum Gasteiger partial charge on any atom is -0.480 e. The number of aliphatic carboxylic acids is 1. The third-order valence-corrected chi connectivity index (χ3v) is 3.53. The molecule has 104 valence electrons. The van der Waals surface area contributed by atoms with E-state index in [0.717, 1.165) is 32.5 Å². The van der Waals surface area contributed by atoms with Crippen molar-refractivity contribution in [2.45, 2.75) is 39.7 Å². The zero-order valence-corrected chi connectivity index (χ0v) is 11.6. The number of rotatable bonds is 5. The average Bonchev–Trinajstić information content (AvgIpc) is 2.27. The van der Waals surface area contributed by atoms with Crippen molar-refractivity contribution in [3.8, 4) is 0 Å². The fourth-order valence-electron chi connectivity index (χ4n) is 2.46. The topological polar surface area (TPSA) is 60.9 Å². The Morgan fingerprint density at radius 3 is 2.61 bits per heavy atom. The molecule has 1 heterocycles. The lowest BCUT2D eigenvalue weighted by molar-refractivity contribution is -0.139. The van der Waals surface area contributed by atoms with Crippen LogP contribution in [0.3, 0.4) is 0 Å². The molecule has 1 saturated heterocycles. The molecule has 0 aromatic carbocycles. The fraction of sp³-hybridized carbons (Fsp3) is 0.846. The summed E-state index contributed by atoms with van der Waals surface area (Å²) in [4.78, 5) is 26.0. The van der Waals surface area contributed by atoms with Crippen LogP contribution in [-0.2, 0) is 9.59 Å². The summed E-state index contributed by atoms with van der Waals surface area (Å²) in [6, 6.07) is 0.216. The number of hydrogen-bond acceptors (Lipinski definition) is 3. The van der Waals surface area contributed by atoms with Crippen LogP contribution in [0.25, 0.3) is 0 Å². The Labute approximate surface area is 109 Å². The molecule has 0 aliphatic carbocycles. The standard InChI is InChI=1S/C13H24N2O3/c1-10(2)15(9-13(17)18)8-12-5-4-6-14(7-12)11(3)16/h10,12H,4-9H2,1-3H3,(H,17,18). The number of carbonyl (C=O) groups is 2. The summed E-state index contributed by atoms with van der Waals surface area (Å²) < 4.78 is 0. The number of piperidine rings is 1. The van der Waals surface area contributed by atoms with Gasteiger partial charge in [0.25, 0.3) is 0 Å². The van der Waals surface area contributed by atoms with Crippen molar-refractivity contribution < 1.29 is 14.7 Å². The fourth-order valence-corrected chi connectivity index (χ4v) is 2.46. The first kappa shape index (κ1) is 15.0. The molecule has 0 radical (unpaired) electrons. The SMILES string of the molecule is CC(=O)N1CCCC(CN(CC(=O)O)C(C)C)C1. The molecule has 5 nitrogen and oxygen atoms in total. The van der Waals surface area contributed by atoms with Crippen molar-refractivity contribution in [2.24, 2.45) is 5.92 Å². The van der Waals surface area contributed by atoms with E-state index >= 15 is 0 Å². The van der Waals surface area contributed by atoms with Crippen LogP contribution in [0, 0.1) is 5.92 Å². The van der Waals surface area contributed by atoms with Crippen molar-refractivity contribution in [3.05, 3.63) is 0 Å². The van der Waals surface area contributed by atoms with Gasteiger partial charge in [0.1, 0.15) is 0 Å². The maximum atomic E-state index is 11.4. The smallest absolute Gasteiger partial charge is 0.317 e. The number of carbonyl (C=O) groups excluding carboxylic acids is 1. The second-order valence-corrected chi connectivity index (χ2v) is 5.39. The van der Waals surface area contributed by atoms with Crippen LogP contribution in [0.15, 0.2) is 0 Å². The van der Waals surface area contributed by atoms with Gasteiger partial charge in [-0.05, 0) is 32.6 Å². The van der Waals surface area contributed by atoms with E-state index in [1.165, 1.54) is 0 Å². The molecule has 5 heteroatoms. The van der Waals surface area contributed by atoms with Crippen LogP contribution in [0.1, 0.15) is 33.6 Å². The van der Waals surface area contributed by atoms with Crippen molar-refractivity contribution >= 4 is 11.9 Å². The monoisotopic (exact) mass is 256 g/mol.